The lowest BCUT2D eigenvalue weighted by Gasteiger charge is -2.01. The summed E-state index contributed by atoms with van der Waals surface area (Å²) in [5, 5.41) is 10.9. The van der Waals surface area contributed by atoms with Gasteiger partial charge in [0.05, 0.1) is 6.07 Å². The molecule has 1 atom stereocenters. The Balaban J connectivity index is 2.23. The fraction of sp³-hybridized carbons (Fsp3) is 0.556. The molecule has 3 nitrogen and oxygen atoms in total. The third-order valence-electron chi connectivity index (χ3n) is 1.69. The van der Waals surface area contributed by atoms with E-state index in [1.165, 1.54) is 18.9 Å². The molecule has 0 saturated heterocycles. The topological polar surface area (TPSA) is 52.9 Å². The van der Waals surface area contributed by atoms with Crippen LogP contribution in [-0.2, 0) is 4.79 Å². The number of allylic oxidation sites excluding steroid dienone is 1. The molecule has 1 aliphatic rings. The van der Waals surface area contributed by atoms with Crippen LogP contribution in [0.3, 0.4) is 0 Å². The number of hydrogen-bond acceptors (Lipinski definition) is 2. The number of nitrogens with zero attached hydrogens (tertiary/aromatic N) is 1. The Morgan fingerprint density at radius 2 is 2.42 bits per heavy atom. The van der Waals surface area contributed by atoms with Gasteiger partial charge in [0, 0.05) is 0 Å². The lowest BCUT2D eigenvalue weighted by Crippen LogP contribution is -2.29. The highest BCUT2D eigenvalue weighted by Crippen LogP contribution is 2.29. The molecule has 0 aromatic rings. The van der Waals surface area contributed by atoms with Gasteiger partial charge in [-0.3, -0.25) is 4.79 Å². The van der Waals surface area contributed by atoms with Crippen molar-refractivity contribution >= 4 is 5.91 Å². The fourth-order valence-corrected chi connectivity index (χ4v) is 0.806. The lowest BCUT2D eigenvalue weighted by molar-refractivity contribution is -0.116. The van der Waals surface area contributed by atoms with Crippen LogP contribution in [0.4, 0.5) is 0 Å². The van der Waals surface area contributed by atoms with Crippen LogP contribution in [0.15, 0.2) is 12.2 Å². The van der Waals surface area contributed by atoms with E-state index in [1.807, 2.05) is 12.1 Å². The minimum atomic E-state index is -0.402. The zero-order valence-electron chi connectivity index (χ0n) is 7.08. The monoisotopic (exact) mass is 164 g/mol. The van der Waals surface area contributed by atoms with Gasteiger partial charge in [-0.1, -0.05) is 6.08 Å². The molecule has 0 aliphatic heterocycles. The van der Waals surface area contributed by atoms with Crippen molar-refractivity contribution in [2.24, 2.45) is 5.92 Å². The molecule has 0 spiro atoms. The van der Waals surface area contributed by atoms with Crippen LogP contribution in [0, 0.1) is 17.2 Å². The van der Waals surface area contributed by atoms with E-state index in [2.05, 4.69) is 5.32 Å². The number of rotatable bonds is 3. The third-order valence-corrected chi connectivity index (χ3v) is 1.69. The summed E-state index contributed by atoms with van der Waals surface area (Å²) in [5.41, 5.74) is 0. The second kappa shape index (κ2) is 3.91. The summed E-state index contributed by atoms with van der Waals surface area (Å²) in [4.78, 5) is 11.0. The molecule has 0 unspecified atom stereocenters. The van der Waals surface area contributed by atoms with E-state index in [9.17, 15) is 4.79 Å². The first-order valence-electron chi connectivity index (χ1n) is 4.10. The van der Waals surface area contributed by atoms with E-state index in [1.54, 1.807) is 6.92 Å². The van der Waals surface area contributed by atoms with Crippen LogP contribution in [0.25, 0.3) is 0 Å². The second-order valence-corrected chi connectivity index (χ2v) is 3.06. The van der Waals surface area contributed by atoms with E-state index in [-0.39, 0.29) is 5.91 Å². The van der Waals surface area contributed by atoms with Crippen molar-refractivity contribution in [2.45, 2.75) is 25.8 Å². The van der Waals surface area contributed by atoms with Gasteiger partial charge < -0.3 is 5.32 Å². The quantitative estimate of drug-likeness (QED) is 0.632. The summed E-state index contributed by atoms with van der Waals surface area (Å²) in [6.45, 7) is 1.66. The van der Waals surface area contributed by atoms with Gasteiger partial charge in [0.1, 0.15) is 6.04 Å². The Hall–Kier alpha value is -1.30. The van der Waals surface area contributed by atoms with E-state index in [4.69, 9.17) is 5.26 Å². The maximum Gasteiger partial charge on any atom is 0.244 e. The molecule has 0 radical (unpaired) electrons. The van der Waals surface area contributed by atoms with Crippen molar-refractivity contribution in [1.82, 2.24) is 5.32 Å². The van der Waals surface area contributed by atoms with Crippen LogP contribution < -0.4 is 5.32 Å². The SMILES string of the molecule is C[C@H](C#N)NC(=O)/C=C/C1CC1. The smallest absolute Gasteiger partial charge is 0.244 e. The van der Waals surface area contributed by atoms with Crippen LogP contribution in [0.5, 0.6) is 0 Å². The molecule has 0 aromatic heterocycles. The van der Waals surface area contributed by atoms with Crippen molar-refractivity contribution in [3.8, 4) is 6.07 Å². The van der Waals surface area contributed by atoms with E-state index >= 15 is 0 Å². The average molecular weight is 164 g/mol. The van der Waals surface area contributed by atoms with Gasteiger partial charge in [-0.05, 0) is 31.8 Å². The minimum Gasteiger partial charge on any atom is -0.337 e. The molecule has 1 saturated carbocycles. The van der Waals surface area contributed by atoms with Gasteiger partial charge in [0.25, 0.3) is 0 Å². The number of carbonyl (C=O) groups excluding carboxylic acids is 1. The number of amides is 1. The molecule has 3 heteroatoms. The summed E-state index contributed by atoms with van der Waals surface area (Å²) >= 11 is 0. The summed E-state index contributed by atoms with van der Waals surface area (Å²) in [6, 6.07) is 1.53. The molecule has 0 aromatic carbocycles. The predicted molar refractivity (Wildman–Crippen MR) is 45.1 cm³/mol. The van der Waals surface area contributed by atoms with Crippen molar-refractivity contribution in [3.63, 3.8) is 0 Å². The van der Waals surface area contributed by atoms with Crippen LogP contribution >= 0.6 is 0 Å². The zero-order chi connectivity index (χ0) is 8.97. The van der Waals surface area contributed by atoms with Crippen LogP contribution in [0.1, 0.15) is 19.8 Å². The van der Waals surface area contributed by atoms with E-state index in [0.29, 0.717) is 5.92 Å². The first-order chi connectivity index (χ1) is 5.72. The molecule has 1 fully saturated rings. The van der Waals surface area contributed by atoms with Gasteiger partial charge in [-0.25, -0.2) is 0 Å². The summed E-state index contributed by atoms with van der Waals surface area (Å²) < 4.78 is 0. The van der Waals surface area contributed by atoms with Gasteiger partial charge in [0.15, 0.2) is 0 Å². The standard InChI is InChI=1S/C9H12N2O/c1-7(6-10)11-9(12)5-4-8-2-3-8/h4-5,7-8H,2-3H2,1H3,(H,11,12)/b5-4+/t7-/m1/s1. The maximum absolute atomic E-state index is 11.0. The van der Waals surface area contributed by atoms with Gasteiger partial charge in [0.2, 0.25) is 5.91 Å². The van der Waals surface area contributed by atoms with E-state index < -0.39 is 6.04 Å². The van der Waals surface area contributed by atoms with Crippen LogP contribution in [0.2, 0.25) is 0 Å². The molecular weight excluding hydrogens is 152 g/mol. The molecule has 1 aliphatic carbocycles. The minimum absolute atomic E-state index is 0.170. The number of nitrogens with one attached hydrogen (secondary N) is 1. The van der Waals surface area contributed by atoms with Crippen LogP contribution in [-0.4, -0.2) is 11.9 Å². The molecule has 1 rings (SSSR count). The highest BCUT2D eigenvalue weighted by atomic mass is 16.1. The van der Waals surface area contributed by atoms with Crippen molar-refractivity contribution < 1.29 is 4.79 Å². The maximum atomic E-state index is 11.0. The van der Waals surface area contributed by atoms with Crippen molar-refractivity contribution in [1.29, 1.82) is 5.26 Å². The van der Waals surface area contributed by atoms with Crippen molar-refractivity contribution in [2.75, 3.05) is 0 Å². The average Bonchev–Trinajstić information content (AvgIpc) is 2.83. The highest BCUT2D eigenvalue weighted by Gasteiger charge is 2.17. The van der Waals surface area contributed by atoms with E-state index in [0.717, 1.165) is 0 Å². The van der Waals surface area contributed by atoms with Crippen molar-refractivity contribution in [3.05, 3.63) is 12.2 Å². The summed E-state index contributed by atoms with van der Waals surface area (Å²) in [7, 11) is 0. The van der Waals surface area contributed by atoms with Gasteiger partial charge >= 0.3 is 0 Å². The Kier molecular flexibility index (Phi) is 2.87. The molecular formula is C9H12N2O. The number of hydrogen-bond donors (Lipinski definition) is 1. The van der Waals surface area contributed by atoms with Gasteiger partial charge in [-0.2, -0.15) is 5.26 Å². The number of carbonyl (C=O) groups is 1. The third kappa shape index (κ3) is 3.20. The molecule has 1 N–H and O–H groups in total. The first kappa shape index (κ1) is 8.79. The largest absolute Gasteiger partial charge is 0.337 e. The Morgan fingerprint density at radius 3 is 2.92 bits per heavy atom. The molecule has 0 bridgehead atoms. The summed E-state index contributed by atoms with van der Waals surface area (Å²) in [5.74, 6) is 0.434. The molecule has 64 valence electrons. The first-order valence-corrected chi connectivity index (χ1v) is 4.10. The zero-order valence-corrected chi connectivity index (χ0v) is 7.08. The highest BCUT2D eigenvalue weighted by molar-refractivity contribution is 5.87. The molecule has 1 amide bonds. The number of nitriles is 1. The molecule has 12 heavy (non-hydrogen) atoms. The Bertz CT molecular complexity index is 235. The fourth-order valence-electron chi connectivity index (χ4n) is 0.806. The Morgan fingerprint density at radius 1 is 1.75 bits per heavy atom. The second-order valence-electron chi connectivity index (χ2n) is 3.06. The predicted octanol–water partition coefficient (Wildman–Crippen LogP) is 0.981. The normalized spacial score (nSPS) is 18.7. The lowest BCUT2D eigenvalue weighted by atomic mass is 10.3. The summed E-state index contributed by atoms with van der Waals surface area (Å²) in [6.07, 6.45) is 5.81. The Labute approximate surface area is 72.1 Å². The molecule has 0 heterocycles. The van der Waals surface area contributed by atoms with Gasteiger partial charge in [-0.15, -0.1) is 0 Å².